The van der Waals surface area contributed by atoms with Gasteiger partial charge in [-0.05, 0) is 43.7 Å². The number of hydrogen-bond acceptors (Lipinski definition) is 3. The molecule has 0 spiro atoms. The minimum atomic E-state index is 0.120. The first-order valence-electron chi connectivity index (χ1n) is 6.73. The van der Waals surface area contributed by atoms with Crippen molar-refractivity contribution < 1.29 is 4.79 Å². The first-order chi connectivity index (χ1) is 8.79. The Morgan fingerprint density at radius 1 is 1.44 bits per heavy atom. The summed E-state index contributed by atoms with van der Waals surface area (Å²) < 4.78 is 0. The third kappa shape index (κ3) is 3.45. The van der Waals surface area contributed by atoms with Crippen LogP contribution in [0.1, 0.15) is 36.9 Å². The highest BCUT2D eigenvalue weighted by atomic mass is 16.1. The molecule has 2 N–H and O–H groups in total. The number of unbranched alkanes of at least 4 members (excludes halogenated alkanes) is 1. The summed E-state index contributed by atoms with van der Waals surface area (Å²) in [7, 11) is 1.68. The maximum Gasteiger partial charge on any atom is 0.219 e. The predicted molar refractivity (Wildman–Crippen MR) is 72.7 cm³/mol. The number of aromatic nitrogens is 1. The second-order valence-corrected chi connectivity index (χ2v) is 4.72. The molecule has 0 saturated heterocycles. The molecular weight excluding hydrogens is 226 g/mol. The van der Waals surface area contributed by atoms with Crippen molar-refractivity contribution in [1.29, 1.82) is 0 Å². The van der Waals surface area contributed by atoms with E-state index in [4.69, 9.17) is 0 Å². The predicted octanol–water partition coefficient (Wildman–Crippen LogP) is 1.90. The lowest BCUT2D eigenvalue weighted by molar-refractivity contribution is -0.120. The van der Waals surface area contributed by atoms with Crippen LogP contribution in [0.2, 0.25) is 0 Å². The molecule has 2 rings (SSSR count). The van der Waals surface area contributed by atoms with Gasteiger partial charge in [0.15, 0.2) is 0 Å². The van der Waals surface area contributed by atoms with Crippen LogP contribution in [-0.2, 0) is 17.6 Å². The smallest absolute Gasteiger partial charge is 0.219 e. The van der Waals surface area contributed by atoms with Crippen molar-refractivity contribution in [2.45, 2.75) is 38.5 Å². The lowest BCUT2D eigenvalue weighted by atomic mass is 10.1. The lowest BCUT2D eigenvalue weighted by Gasteiger charge is -2.17. The number of anilines is 1. The summed E-state index contributed by atoms with van der Waals surface area (Å²) in [6, 6.07) is 4.30. The van der Waals surface area contributed by atoms with Crippen molar-refractivity contribution in [2.75, 3.05) is 18.9 Å². The Kier molecular flexibility index (Phi) is 4.56. The van der Waals surface area contributed by atoms with Gasteiger partial charge in [-0.1, -0.05) is 6.07 Å². The average Bonchev–Trinajstić information content (AvgIpc) is 2.43. The van der Waals surface area contributed by atoms with E-state index in [1.54, 1.807) is 7.05 Å². The van der Waals surface area contributed by atoms with Crippen LogP contribution in [0.5, 0.6) is 0 Å². The van der Waals surface area contributed by atoms with E-state index in [9.17, 15) is 4.79 Å². The second kappa shape index (κ2) is 6.38. The number of hydrogen-bond donors (Lipinski definition) is 2. The van der Waals surface area contributed by atoms with Gasteiger partial charge in [0, 0.05) is 25.7 Å². The second-order valence-electron chi connectivity index (χ2n) is 4.72. The molecule has 1 aromatic rings. The molecule has 4 nitrogen and oxygen atoms in total. The van der Waals surface area contributed by atoms with Crippen LogP contribution >= 0.6 is 0 Å². The lowest BCUT2D eigenvalue weighted by Crippen LogP contribution is -2.17. The number of carbonyl (C=O) groups is 1. The number of carbonyl (C=O) groups excluding carboxylic acids is 1. The summed E-state index contributed by atoms with van der Waals surface area (Å²) >= 11 is 0. The van der Waals surface area contributed by atoms with E-state index < -0.39 is 0 Å². The van der Waals surface area contributed by atoms with E-state index in [0.29, 0.717) is 6.42 Å². The van der Waals surface area contributed by atoms with Crippen LogP contribution in [-0.4, -0.2) is 24.5 Å². The standard InChI is InChI=1S/C14H21N3O/c1-15-13(18)7-3-2-6-12-9-8-11-5-4-10-16-14(11)17-12/h8-9H,2-7,10H2,1H3,(H,15,18)(H,16,17). The maximum atomic E-state index is 11.1. The van der Waals surface area contributed by atoms with E-state index in [0.717, 1.165) is 43.7 Å². The Bertz CT molecular complexity index is 418. The first kappa shape index (κ1) is 12.9. The molecule has 4 heteroatoms. The molecule has 0 atom stereocenters. The molecule has 18 heavy (non-hydrogen) atoms. The summed E-state index contributed by atoms with van der Waals surface area (Å²) in [5.41, 5.74) is 2.45. The number of pyridine rings is 1. The van der Waals surface area contributed by atoms with Gasteiger partial charge in [0.25, 0.3) is 0 Å². The van der Waals surface area contributed by atoms with Gasteiger partial charge < -0.3 is 10.6 Å². The van der Waals surface area contributed by atoms with Crippen LogP contribution in [0.25, 0.3) is 0 Å². The molecule has 1 aromatic heterocycles. The van der Waals surface area contributed by atoms with Crippen LogP contribution in [0, 0.1) is 0 Å². The molecule has 98 valence electrons. The zero-order valence-electron chi connectivity index (χ0n) is 11.0. The van der Waals surface area contributed by atoms with Crippen molar-refractivity contribution in [3.63, 3.8) is 0 Å². The van der Waals surface area contributed by atoms with Crippen LogP contribution in [0.4, 0.5) is 5.82 Å². The van der Waals surface area contributed by atoms with Gasteiger partial charge in [-0.3, -0.25) is 4.79 Å². The fourth-order valence-corrected chi connectivity index (χ4v) is 2.22. The fraction of sp³-hybridized carbons (Fsp3) is 0.571. The molecule has 0 fully saturated rings. The molecule has 2 heterocycles. The Labute approximate surface area is 108 Å². The molecule has 0 aliphatic carbocycles. The van der Waals surface area contributed by atoms with Crippen LogP contribution in [0.3, 0.4) is 0 Å². The molecule has 1 aliphatic heterocycles. The molecule has 0 aromatic carbocycles. The number of nitrogens with one attached hydrogen (secondary N) is 2. The van der Waals surface area contributed by atoms with E-state index in [-0.39, 0.29) is 5.91 Å². The van der Waals surface area contributed by atoms with Gasteiger partial charge in [0.05, 0.1) is 0 Å². The Balaban J connectivity index is 1.81. The number of aryl methyl sites for hydroxylation is 2. The van der Waals surface area contributed by atoms with E-state index in [1.807, 2.05) is 0 Å². The van der Waals surface area contributed by atoms with Gasteiger partial charge >= 0.3 is 0 Å². The molecule has 0 saturated carbocycles. The fourth-order valence-electron chi connectivity index (χ4n) is 2.22. The highest BCUT2D eigenvalue weighted by Crippen LogP contribution is 2.20. The van der Waals surface area contributed by atoms with Crippen molar-refractivity contribution in [1.82, 2.24) is 10.3 Å². The summed E-state index contributed by atoms with van der Waals surface area (Å²) in [5.74, 6) is 1.18. The maximum absolute atomic E-state index is 11.1. The van der Waals surface area contributed by atoms with Crippen LogP contribution < -0.4 is 10.6 Å². The Morgan fingerprint density at radius 3 is 3.17 bits per heavy atom. The van der Waals surface area contributed by atoms with Gasteiger partial charge in [0.2, 0.25) is 5.91 Å². The molecule has 0 unspecified atom stereocenters. The largest absolute Gasteiger partial charge is 0.370 e. The van der Waals surface area contributed by atoms with Gasteiger partial charge in [-0.2, -0.15) is 0 Å². The van der Waals surface area contributed by atoms with Gasteiger partial charge in [-0.25, -0.2) is 4.98 Å². The van der Waals surface area contributed by atoms with Crippen molar-refractivity contribution in [3.8, 4) is 0 Å². The molecule has 0 bridgehead atoms. The third-order valence-corrected chi connectivity index (χ3v) is 3.32. The number of rotatable bonds is 5. The number of fused-ring (bicyclic) bond motifs is 1. The van der Waals surface area contributed by atoms with Gasteiger partial charge in [0.1, 0.15) is 5.82 Å². The summed E-state index contributed by atoms with van der Waals surface area (Å²) in [6.07, 6.45) is 5.82. The van der Waals surface area contributed by atoms with E-state index >= 15 is 0 Å². The SMILES string of the molecule is CNC(=O)CCCCc1ccc2c(n1)NCCC2. The average molecular weight is 247 g/mol. The summed E-state index contributed by atoms with van der Waals surface area (Å²) in [4.78, 5) is 15.7. The quantitative estimate of drug-likeness (QED) is 0.781. The van der Waals surface area contributed by atoms with Crippen molar-refractivity contribution in [3.05, 3.63) is 23.4 Å². The topological polar surface area (TPSA) is 54.0 Å². The Hall–Kier alpha value is -1.58. The highest BCUT2D eigenvalue weighted by molar-refractivity contribution is 5.75. The Morgan fingerprint density at radius 2 is 2.33 bits per heavy atom. The molecule has 1 aliphatic rings. The number of amides is 1. The van der Waals surface area contributed by atoms with E-state index in [2.05, 4.69) is 27.8 Å². The summed E-state index contributed by atoms with van der Waals surface area (Å²) in [6.45, 7) is 1.03. The molecular formula is C14H21N3O. The molecule has 1 amide bonds. The monoisotopic (exact) mass is 247 g/mol. The third-order valence-electron chi connectivity index (χ3n) is 3.32. The van der Waals surface area contributed by atoms with Crippen molar-refractivity contribution >= 4 is 11.7 Å². The normalized spacial score (nSPS) is 13.6. The first-order valence-corrected chi connectivity index (χ1v) is 6.73. The minimum Gasteiger partial charge on any atom is -0.370 e. The minimum absolute atomic E-state index is 0.120. The van der Waals surface area contributed by atoms with E-state index in [1.165, 1.54) is 12.0 Å². The zero-order chi connectivity index (χ0) is 12.8. The molecule has 0 radical (unpaired) electrons. The number of nitrogens with zero attached hydrogens (tertiary/aromatic N) is 1. The zero-order valence-corrected chi connectivity index (χ0v) is 11.0. The van der Waals surface area contributed by atoms with Crippen molar-refractivity contribution in [2.24, 2.45) is 0 Å². The van der Waals surface area contributed by atoms with Crippen LogP contribution in [0.15, 0.2) is 12.1 Å². The highest BCUT2D eigenvalue weighted by Gasteiger charge is 2.10. The summed E-state index contributed by atoms with van der Waals surface area (Å²) in [5, 5.41) is 5.99. The van der Waals surface area contributed by atoms with Gasteiger partial charge in [-0.15, -0.1) is 0 Å².